The van der Waals surface area contributed by atoms with E-state index in [9.17, 15) is 4.79 Å². The third kappa shape index (κ3) is 2.27. The van der Waals surface area contributed by atoms with E-state index >= 15 is 0 Å². The molecule has 2 rings (SSSR count). The zero-order chi connectivity index (χ0) is 12.4. The van der Waals surface area contributed by atoms with E-state index in [4.69, 9.17) is 17.0 Å². The number of carbonyl (C=O) groups is 1. The molecule has 1 aliphatic rings. The lowest BCUT2D eigenvalue weighted by Gasteiger charge is -2.27. The van der Waals surface area contributed by atoms with E-state index in [-0.39, 0.29) is 0 Å². The summed E-state index contributed by atoms with van der Waals surface area (Å²) in [4.78, 5) is 11.7. The number of esters is 1. The number of rotatable bonds is 2. The number of allylic oxidation sites excluding steroid dienone is 1. The average molecular weight is 270 g/mol. The van der Waals surface area contributed by atoms with E-state index in [0.29, 0.717) is 22.1 Å². The minimum atomic E-state index is -0.414. The van der Waals surface area contributed by atoms with E-state index in [0.717, 1.165) is 0 Å². The highest BCUT2D eigenvalue weighted by atomic mass is 32.1. The molecule has 90 valence electrons. The number of aromatic nitrogens is 2. The van der Waals surface area contributed by atoms with Gasteiger partial charge in [0.1, 0.15) is 11.7 Å². The van der Waals surface area contributed by atoms with Crippen LogP contribution in [0.4, 0.5) is 0 Å². The molecule has 1 unspecified atom stereocenters. The molecule has 0 fully saturated rings. The van der Waals surface area contributed by atoms with Crippen molar-refractivity contribution in [3.8, 4) is 0 Å². The molecule has 0 spiro atoms. The molecule has 0 aromatic carbocycles. The molecule has 17 heavy (non-hydrogen) atoms. The lowest BCUT2D eigenvalue weighted by atomic mass is 10.0. The third-order valence-corrected chi connectivity index (χ3v) is 3.09. The van der Waals surface area contributed by atoms with Gasteiger partial charge in [-0.05, 0) is 30.7 Å². The zero-order valence-electron chi connectivity index (χ0n) is 9.18. The largest absolute Gasteiger partial charge is 0.466 e. The summed E-state index contributed by atoms with van der Waals surface area (Å²) in [7, 11) is 1.34. The molecule has 0 saturated carbocycles. The lowest BCUT2D eigenvalue weighted by molar-refractivity contribution is -0.136. The highest BCUT2D eigenvalue weighted by molar-refractivity contribution is 7.80. The first-order valence-electron chi connectivity index (χ1n) is 4.77. The Balaban J connectivity index is 2.44. The van der Waals surface area contributed by atoms with Gasteiger partial charge in [0, 0.05) is 11.1 Å². The molecule has 0 aliphatic carbocycles. The smallest absolute Gasteiger partial charge is 0.338 e. The summed E-state index contributed by atoms with van der Waals surface area (Å²) in [5.74, 6) is -0.414. The van der Waals surface area contributed by atoms with Crippen LogP contribution in [0.2, 0.25) is 0 Å². The normalized spacial score (nSPS) is 19.6. The van der Waals surface area contributed by atoms with E-state index in [1.165, 1.54) is 18.6 Å². The van der Waals surface area contributed by atoms with Crippen molar-refractivity contribution in [3.63, 3.8) is 0 Å². The van der Waals surface area contributed by atoms with Crippen molar-refractivity contribution in [2.24, 2.45) is 0 Å². The van der Waals surface area contributed by atoms with Gasteiger partial charge in [-0.25, -0.2) is 4.79 Å². The maximum Gasteiger partial charge on any atom is 0.338 e. The first kappa shape index (κ1) is 11.9. The second-order valence-corrected chi connectivity index (χ2v) is 4.41. The van der Waals surface area contributed by atoms with Crippen LogP contribution in [0.15, 0.2) is 16.7 Å². The molecule has 1 aromatic rings. The van der Waals surface area contributed by atoms with Gasteiger partial charge in [0.2, 0.25) is 0 Å². The summed E-state index contributed by atoms with van der Waals surface area (Å²) in [6, 6.07) is -0.407. The maximum atomic E-state index is 11.7. The predicted molar refractivity (Wildman–Crippen MR) is 66.2 cm³/mol. The lowest BCUT2D eigenvalue weighted by Crippen LogP contribution is -2.45. The van der Waals surface area contributed by atoms with Crippen LogP contribution >= 0.6 is 23.8 Å². The van der Waals surface area contributed by atoms with Crippen molar-refractivity contribution in [3.05, 3.63) is 22.3 Å². The Morgan fingerprint density at radius 1 is 1.65 bits per heavy atom. The van der Waals surface area contributed by atoms with Gasteiger partial charge in [0.15, 0.2) is 5.11 Å². The van der Waals surface area contributed by atoms with Crippen molar-refractivity contribution < 1.29 is 9.53 Å². The monoisotopic (exact) mass is 270 g/mol. The Bertz CT molecular complexity index is 483. The first-order valence-corrected chi connectivity index (χ1v) is 6.01. The predicted octanol–water partition coefficient (Wildman–Crippen LogP) is 0.504. The highest BCUT2D eigenvalue weighted by Gasteiger charge is 2.31. The van der Waals surface area contributed by atoms with Crippen LogP contribution in [-0.4, -0.2) is 27.8 Å². The third-order valence-electron chi connectivity index (χ3n) is 2.35. The molecule has 2 heterocycles. The number of ether oxygens (including phenoxy) is 1. The SMILES string of the molecule is COC(=O)C1=C(C)NC(=S)NC1c1csnn1. The van der Waals surface area contributed by atoms with Crippen LogP contribution in [0, 0.1) is 0 Å². The fraction of sp³-hybridized carbons (Fsp3) is 0.333. The second-order valence-electron chi connectivity index (χ2n) is 3.39. The Labute approximate surface area is 107 Å². The van der Waals surface area contributed by atoms with Gasteiger partial charge in [0.25, 0.3) is 0 Å². The number of hydrogen-bond acceptors (Lipinski definition) is 6. The molecule has 0 saturated heterocycles. The minimum Gasteiger partial charge on any atom is -0.466 e. The van der Waals surface area contributed by atoms with Gasteiger partial charge in [-0.15, -0.1) is 5.10 Å². The Kier molecular flexibility index (Phi) is 3.34. The Hall–Kier alpha value is -1.54. The fourth-order valence-electron chi connectivity index (χ4n) is 1.59. The zero-order valence-corrected chi connectivity index (χ0v) is 10.8. The van der Waals surface area contributed by atoms with Crippen LogP contribution in [0.1, 0.15) is 18.7 Å². The van der Waals surface area contributed by atoms with Crippen molar-refractivity contribution in [2.75, 3.05) is 7.11 Å². The highest BCUT2D eigenvalue weighted by Crippen LogP contribution is 2.26. The van der Waals surface area contributed by atoms with E-state index in [1.54, 1.807) is 12.3 Å². The van der Waals surface area contributed by atoms with Gasteiger partial charge in [0.05, 0.1) is 12.7 Å². The summed E-state index contributed by atoms with van der Waals surface area (Å²) in [6.07, 6.45) is 0. The topological polar surface area (TPSA) is 76.1 Å². The number of carbonyl (C=O) groups excluding carboxylic acids is 1. The fourth-order valence-corrected chi connectivity index (χ4v) is 2.34. The molecule has 0 bridgehead atoms. The standard InChI is InChI=1S/C9H10N4O2S2/c1-4-6(8(14)15-2)7(11-9(16)10-4)5-3-17-13-12-5/h3,7H,1-2H3,(H2,10,11,16). The number of methoxy groups -OCH3 is 1. The molecule has 1 aliphatic heterocycles. The summed E-state index contributed by atoms with van der Waals surface area (Å²) in [6.45, 7) is 1.77. The van der Waals surface area contributed by atoms with Gasteiger partial charge in [-0.1, -0.05) is 4.49 Å². The molecule has 0 radical (unpaired) electrons. The van der Waals surface area contributed by atoms with Crippen molar-refractivity contribution in [1.82, 2.24) is 20.2 Å². The molecule has 6 nitrogen and oxygen atoms in total. The van der Waals surface area contributed by atoms with Crippen LogP contribution in [0.25, 0.3) is 0 Å². The maximum absolute atomic E-state index is 11.7. The molecular weight excluding hydrogens is 260 g/mol. The summed E-state index contributed by atoms with van der Waals surface area (Å²) in [5, 5.41) is 12.0. The Morgan fingerprint density at radius 3 is 3.00 bits per heavy atom. The summed E-state index contributed by atoms with van der Waals surface area (Å²) >= 11 is 6.27. The van der Waals surface area contributed by atoms with Crippen molar-refractivity contribution in [1.29, 1.82) is 0 Å². The van der Waals surface area contributed by atoms with Crippen LogP contribution in [-0.2, 0) is 9.53 Å². The molecule has 8 heteroatoms. The van der Waals surface area contributed by atoms with Gasteiger partial charge < -0.3 is 15.4 Å². The number of nitrogens with one attached hydrogen (secondary N) is 2. The molecular formula is C9H10N4O2S2. The number of hydrogen-bond donors (Lipinski definition) is 2. The Morgan fingerprint density at radius 2 is 2.41 bits per heavy atom. The number of thiocarbonyl (C=S) groups is 1. The van der Waals surface area contributed by atoms with E-state index in [2.05, 4.69) is 20.2 Å². The minimum absolute atomic E-state index is 0.407. The van der Waals surface area contributed by atoms with Crippen molar-refractivity contribution in [2.45, 2.75) is 13.0 Å². The van der Waals surface area contributed by atoms with Gasteiger partial charge >= 0.3 is 5.97 Å². The average Bonchev–Trinajstić information content (AvgIpc) is 2.80. The molecule has 2 N–H and O–H groups in total. The van der Waals surface area contributed by atoms with Crippen LogP contribution in [0.5, 0.6) is 0 Å². The molecule has 1 aromatic heterocycles. The summed E-state index contributed by atoms with van der Waals surface area (Å²) < 4.78 is 8.54. The van der Waals surface area contributed by atoms with E-state index in [1.807, 2.05) is 0 Å². The van der Waals surface area contributed by atoms with Crippen molar-refractivity contribution >= 4 is 34.8 Å². The van der Waals surface area contributed by atoms with Gasteiger partial charge in [-0.2, -0.15) is 0 Å². The first-order chi connectivity index (χ1) is 8.13. The van der Waals surface area contributed by atoms with Gasteiger partial charge in [-0.3, -0.25) is 0 Å². The summed E-state index contributed by atoms with van der Waals surface area (Å²) in [5.41, 5.74) is 1.78. The van der Waals surface area contributed by atoms with E-state index < -0.39 is 12.0 Å². The van der Waals surface area contributed by atoms with Crippen LogP contribution in [0.3, 0.4) is 0 Å². The molecule has 1 atom stereocenters. The number of nitrogens with zero attached hydrogens (tertiary/aromatic N) is 2. The molecule has 0 amide bonds. The quantitative estimate of drug-likeness (QED) is 0.599. The van der Waals surface area contributed by atoms with Crippen LogP contribution < -0.4 is 10.6 Å². The second kappa shape index (κ2) is 4.76.